The standard InChI is InChI=1S/C7H4Cl2N2/c8-5-3-6-1-2-10-11(6)7(9)4-5/h1-4H. The molecule has 0 N–H and O–H groups in total. The molecule has 0 spiro atoms. The van der Waals surface area contributed by atoms with E-state index in [1.165, 1.54) is 0 Å². The van der Waals surface area contributed by atoms with Gasteiger partial charge >= 0.3 is 0 Å². The van der Waals surface area contributed by atoms with Crippen LogP contribution in [0.4, 0.5) is 0 Å². The largest absolute Gasteiger partial charge is 0.222 e. The molecule has 0 atom stereocenters. The Morgan fingerprint density at radius 1 is 1.27 bits per heavy atom. The molecule has 0 bridgehead atoms. The minimum atomic E-state index is 0.525. The number of rotatable bonds is 0. The molecule has 0 fully saturated rings. The lowest BCUT2D eigenvalue weighted by Crippen LogP contribution is -1.87. The molecule has 2 heterocycles. The molecule has 2 rings (SSSR count). The van der Waals surface area contributed by atoms with E-state index in [0.717, 1.165) is 5.52 Å². The van der Waals surface area contributed by atoms with Gasteiger partial charge in [-0.1, -0.05) is 23.2 Å². The molecular weight excluding hydrogens is 183 g/mol. The van der Waals surface area contributed by atoms with Gasteiger partial charge in [-0.2, -0.15) is 5.10 Å². The van der Waals surface area contributed by atoms with Crippen LogP contribution in [0.3, 0.4) is 0 Å². The Kier molecular flexibility index (Phi) is 1.51. The van der Waals surface area contributed by atoms with Crippen LogP contribution in [0.25, 0.3) is 5.52 Å². The summed E-state index contributed by atoms with van der Waals surface area (Å²) in [6, 6.07) is 5.31. The third-order valence-electron chi connectivity index (χ3n) is 1.42. The molecule has 0 saturated heterocycles. The predicted molar refractivity (Wildman–Crippen MR) is 45.2 cm³/mol. The van der Waals surface area contributed by atoms with Gasteiger partial charge in [0, 0.05) is 5.02 Å². The molecule has 56 valence electrons. The molecule has 0 aliphatic rings. The first-order chi connectivity index (χ1) is 5.27. The van der Waals surface area contributed by atoms with E-state index in [1.807, 2.05) is 6.07 Å². The maximum absolute atomic E-state index is 5.82. The van der Waals surface area contributed by atoms with E-state index >= 15 is 0 Å². The van der Waals surface area contributed by atoms with Gasteiger partial charge in [-0.25, -0.2) is 4.52 Å². The summed E-state index contributed by atoms with van der Waals surface area (Å²) >= 11 is 11.6. The van der Waals surface area contributed by atoms with Gasteiger partial charge in [0.1, 0.15) is 5.15 Å². The molecule has 0 aliphatic heterocycles. The van der Waals surface area contributed by atoms with Crippen LogP contribution in [-0.2, 0) is 0 Å². The van der Waals surface area contributed by atoms with E-state index in [1.54, 1.807) is 22.8 Å². The van der Waals surface area contributed by atoms with Crippen molar-refractivity contribution in [1.29, 1.82) is 0 Å². The van der Waals surface area contributed by atoms with E-state index < -0.39 is 0 Å². The van der Waals surface area contributed by atoms with Crippen LogP contribution in [0.15, 0.2) is 24.4 Å². The first-order valence-electron chi connectivity index (χ1n) is 3.06. The van der Waals surface area contributed by atoms with Gasteiger partial charge in [0.15, 0.2) is 0 Å². The zero-order chi connectivity index (χ0) is 7.84. The Morgan fingerprint density at radius 2 is 2.09 bits per heavy atom. The number of nitrogens with zero attached hydrogens (tertiary/aromatic N) is 2. The Hall–Kier alpha value is -0.730. The predicted octanol–water partition coefficient (Wildman–Crippen LogP) is 2.64. The Labute approximate surface area is 73.3 Å². The first kappa shape index (κ1) is 6.95. The average Bonchev–Trinajstić information content (AvgIpc) is 2.34. The molecule has 0 unspecified atom stereocenters. The van der Waals surface area contributed by atoms with Crippen molar-refractivity contribution < 1.29 is 0 Å². The Balaban J connectivity index is 2.91. The lowest BCUT2D eigenvalue weighted by Gasteiger charge is -1.96. The van der Waals surface area contributed by atoms with Crippen molar-refractivity contribution in [3.8, 4) is 0 Å². The van der Waals surface area contributed by atoms with E-state index in [2.05, 4.69) is 5.10 Å². The fourth-order valence-electron chi connectivity index (χ4n) is 0.959. The fraction of sp³-hybridized carbons (Fsp3) is 0. The highest BCUT2D eigenvalue weighted by atomic mass is 35.5. The molecule has 11 heavy (non-hydrogen) atoms. The highest BCUT2D eigenvalue weighted by Gasteiger charge is 1.99. The zero-order valence-electron chi connectivity index (χ0n) is 5.46. The molecule has 2 aromatic rings. The Bertz CT molecular complexity index is 394. The first-order valence-corrected chi connectivity index (χ1v) is 3.82. The van der Waals surface area contributed by atoms with Crippen molar-refractivity contribution >= 4 is 28.7 Å². The topological polar surface area (TPSA) is 17.3 Å². The summed E-state index contributed by atoms with van der Waals surface area (Å²) < 4.78 is 1.62. The van der Waals surface area contributed by atoms with Gasteiger partial charge < -0.3 is 0 Å². The second-order valence-corrected chi connectivity index (χ2v) is 2.99. The van der Waals surface area contributed by atoms with Crippen molar-refractivity contribution in [3.05, 3.63) is 34.6 Å². The quantitative estimate of drug-likeness (QED) is 0.579. The molecule has 0 amide bonds. The average molecular weight is 187 g/mol. The normalized spacial score (nSPS) is 10.7. The van der Waals surface area contributed by atoms with Crippen LogP contribution >= 0.6 is 23.2 Å². The summed E-state index contributed by atoms with van der Waals surface area (Å²) in [5.74, 6) is 0. The lowest BCUT2D eigenvalue weighted by molar-refractivity contribution is 0.962. The van der Waals surface area contributed by atoms with Gasteiger partial charge in [0.25, 0.3) is 0 Å². The van der Waals surface area contributed by atoms with Gasteiger partial charge in [0.2, 0.25) is 0 Å². The highest BCUT2D eigenvalue weighted by Crippen LogP contribution is 2.18. The molecule has 2 nitrogen and oxygen atoms in total. The Morgan fingerprint density at radius 3 is 2.91 bits per heavy atom. The molecule has 0 saturated carbocycles. The molecular formula is C7H4Cl2N2. The molecule has 4 heteroatoms. The van der Waals surface area contributed by atoms with Gasteiger partial charge in [0.05, 0.1) is 11.7 Å². The van der Waals surface area contributed by atoms with Crippen LogP contribution in [0.1, 0.15) is 0 Å². The van der Waals surface area contributed by atoms with Gasteiger partial charge in [-0.15, -0.1) is 0 Å². The van der Waals surface area contributed by atoms with E-state index in [0.29, 0.717) is 10.2 Å². The lowest BCUT2D eigenvalue weighted by atomic mass is 10.4. The number of hydrogen-bond donors (Lipinski definition) is 0. The molecule has 2 aromatic heterocycles. The maximum Gasteiger partial charge on any atom is 0.132 e. The van der Waals surface area contributed by atoms with Crippen LogP contribution < -0.4 is 0 Å². The second-order valence-electron chi connectivity index (χ2n) is 2.16. The van der Waals surface area contributed by atoms with Crippen LogP contribution in [0.2, 0.25) is 10.2 Å². The third-order valence-corrected chi connectivity index (χ3v) is 1.90. The maximum atomic E-state index is 5.82. The van der Waals surface area contributed by atoms with Gasteiger partial charge in [-0.05, 0) is 18.2 Å². The SMILES string of the molecule is Clc1cc(Cl)n2nccc2c1. The van der Waals surface area contributed by atoms with Gasteiger partial charge in [-0.3, -0.25) is 0 Å². The van der Waals surface area contributed by atoms with Crippen molar-refractivity contribution in [2.24, 2.45) is 0 Å². The van der Waals surface area contributed by atoms with Crippen LogP contribution in [-0.4, -0.2) is 9.61 Å². The van der Waals surface area contributed by atoms with Crippen LogP contribution in [0.5, 0.6) is 0 Å². The second kappa shape index (κ2) is 2.40. The van der Waals surface area contributed by atoms with Crippen molar-refractivity contribution in [2.45, 2.75) is 0 Å². The minimum Gasteiger partial charge on any atom is -0.222 e. The third kappa shape index (κ3) is 1.08. The summed E-state index contributed by atoms with van der Waals surface area (Å²) in [6.45, 7) is 0. The zero-order valence-corrected chi connectivity index (χ0v) is 6.97. The minimum absolute atomic E-state index is 0.525. The van der Waals surface area contributed by atoms with Crippen LogP contribution in [0, 0.1) is 0 Å². The van der Waals surface area contributed by atoms with Crippen molar-refractivity contribution in [3.63, 3.8) is 0 Å². The van der Waals surface area contributed by atoms with E-state index in [-0.39, 0.29) is 0 Å². The monoisotopic (exact) mass is 186 g/mol. The number of hydrogen-bond acceptors (Lipinski definition) is 1. The van der Waals surface area contributed by atoms with E-state index in [9.17, 15) is 0 Å². The molecule has 0 radical (unpaired) electrons. The smallest absolute Gasteiger partial charge is 0.132 e. The molecule has 0 aromatic carbocycles. The summed E-state index contributed by atoms with van der Waals surface area (Å²) in [4.78, 5) is 0. The number of halogens is 2. The highest BCUT2D eigenvalue weighted by molar-refractivity contribution is 6.34. The summed E-state index contributed by atoms with van der Waals surface area (Å²) in [6.07, 6.45) is 1.68. The number of pyridine rings is 1. The molecule has 0 aliphatic carbocycles. The summed E-state index contributed by atoms with van der Waals surface area (Å²) in [5, 5.41) is 5.14. The number of fused-ring (bicyclic) bond motifs is 1. The van der Waals surface area contributed by atoms with Crippen molar-refractivity contribution in [2.75, 3.05) is 0 Å². The number of aromatic nitrogens is 2. The summed E-state index contributed by atoms with van der Waals surface area (Å²) in [5.41, 5.74) is 0.905. The van der Waals surface area contributed by atoms with E-state index in [4.69, 9.17) is 23.2 Å². The van der Waals surface area contributed by atoms with Crippen molar-refractivity contribution in [1.82, 2.24) is 9.61 Å². The summed E-state index contributed by atoms with van der Waals surface area (Å²) in [7, 11) is 0. The fourth-order valence-corrected chi connectivity index (χ4v) is 1.49.